The molecule has 2 aliphatic heterocycles. The Morgan fingerprint density at radius 3 is 2.68 bits per heavy atom. The molecule has 2 aliphatic rings. The summed E-state index contributed by atoms with van der Waals surface area (Å²) < 4.78 is 0. The standard InChI is InChI=1S/C13H20ClN5/c1-19-9-2-3-10(19)5-8(4-9)7-16-12-6-11(14)17-13(15)18-12/h6,8-10H,2-5,7H2,1H3,(H3,15,16,17,18). The van der Waals surface area contributed by atoms with E-state index in [1.54, 1.807) is 6.07 Å². The molecule has 0 aromatic carbocycles. The largest absolute Gasteiger partial charge is 0.370 e. The van der Waals surface area contributed by atoms with Gasteiger partial charge in [0.15, 0.2) is 0 Å². The smallest absolute Gasteiger partial charge is 0.223 e. The number of nitrogens with one attached hydrogen (secondary N) is 1. The van der Waals surface area contributed by atoms with Crippen molar-refractivity contribution >= 4 is 23.4 Å². The molecule has 0 radical (unpaired) electrons. The summed E-state index contributed by atoms with van der Waals surface area (Å²) in [5.41, 5.74) is 5.59. The summed E-state index contributed by atoms with van der Waals surface area (Å²) in [6.45, 7) is 0.938. The minimum absolute atomic E-state index is 0.221. The normalized spacial score (nSPS) is 30.5. The van der Waals surface area contributed by atoms with Gasteiger partial charge >= 0.3 is 0 Å². The highest BCUT2D eigenvalue weighted by Gasteiger charge is 2.38. The van der Waals surface area contributed by atoms with Crippen LogP contribution in [0.15, 0.2) is 6.07 Å². The fourth-order valence-electron chi connectivity index (χ4n) is 3.47. The van der Waals surface area contributed by atoms with Crippen molar-refractivity contribution in [3.8, 4) is 0 Å². The Labute approximate surface area is 118 Å². The number of aromatic nitrogens is 2. The van der Waals surface area contributed by atoms with Crippen LogP contribution in [0, 0.1) is 5.92 Å². The molecule has 5 nitrogen and oxygen atoms in total. The third kappa shape index (κ3) is 2.77. The highest BCUT2D eigenvalue weighted by atomic mass is 35.5. The Bertz CT molecular complexity index is 432. The molecule has 1 aromatic rings. The van der Waals surface area contributed by atoms with Gasteiger partial charge in [0.05, 0.1) is 0 Å². The molecule has 6 heteroatoms. The lowest BCUT2D eigenvalue weighted by Crippen LogP contribution is -2.41. The van der Waals surface area contributed by atoms with E-state index in [-0.39, 0.29) is 5.95 Å². The van der Waals surface area contributed by atoms with Crippen LogP contribution >= 0.6 is 11.6 Å². The number of nitrogens with zero attached hydrogens (tertiary/aromatic N) is 3. The van der Waals surface area contributed by atoms with Gasteiger partial charge in [0.2, 0.25) is 5.95 Å². The number of anilines is 2. The summed E-state index contributed by atoms with van der Waals surface area (Å²) in [5.74, 6) is 1.66. The summed E-state index contributed by atoms with van der Waals surface area (Å²) in [6, 6.07) is 3.26. The predicted molar refractivity (Wildman–Crippen MR) is 77.2 cm³/mol. The molecule has 0 amide bonds. The number of fused-ring (bicyclic) bond motifs is 2. The van der Waals surface area contributed by atoms with E-state index in [4.69, 9.17) is 17.3 Å². The van der Waals surface area contributed by atoms with Crippen molar-refractivity contribution in [1.29, 1.82) is 0 Å². The maximum absolute atomic E-state index is 5.87. The van der Waals surface area contributed by atoms with Crippen LogP contribution in [0.3, 0.4) is 0 Å². The second kappa shape index (κ2) is 5.13. The molecular formula is C13H20ClN5. The number of hydrogen-bond donors (Lipinski definition) is 2. The van der Waals surface area contributed by atoms with E-state index in [2.05, 4.69) is 27.2 Å². The Balaban J connectivity index is 1.58. The van der Waals surface area contributed by atoms with Gasteiger partial charge in [0.25, 0.3) is 0 Å². The van der Waals surface area contributed by atoms with Gasteiger partial charge in [-0.1, -0.05) is 11.6 Å². The molecule has 0 aliphatic carbocycles. The van der Waals surface area contributed by atoms with Crippen LogP contribution in [0.2, 0.25) is 5.15 Å². The number of piperidine rings is 1. The zero-order valence-corrected chi connectivity index (χ0v) is 11.9. The first kappa shape index (κ1) is 12.9. The summed E-state index contributed by atoms with van der Waals surface area (Å²) >= 11 is 5.87. The maximum Gasteiger partial charge on any atom is 0.223 e. The van der Waals surface area contributed by atoms with E-state index in [0.717, 1.165) is 24.4 Å². The Morgan fingerprint density at radius 1 is 1.37 bits per heavy atom. The zero-order valence-electron chi connectivity index (χ0n) is 11.1. The second-order valence-corrected chi connectivity index (χ2v) is 6.09. The van der Waals surface area contributed by atoms with Crippen molar-refractivity contribution in [2.45, 2.75) is 37.8 Å². The molecule has 2 atom stereocenters. The van der Waals surface area contributed by atoms with E-state index in [9.17, 15) is 0 Å². The van der Waals surface area contributed by atoms with Gasteiger partial charge in [-0.2, -0.15) is 4.98 Å². The van der Waals surface area contributed by atoms with E-state index in [0.29, 0.717) is 11.1 Å². The van der Waals surface area contributed by atoms with E-state index in [1.807, 2.05) is 0 Å². The SMILES string of the molecule is CN1C2CCC1CC(CNc1cc(Cl)nc(N)n1)C2. The maximum atomic E-state index is 5.87. The van der Waals surface area contributed by atoms with Crippen LogP contribution in [0.5, 0.6) is 0 Å². The first-order valence-electron chi connectivity index (χ1n) is 6.87. The molecule has 2 fully saturated rings. The average Bonchev–Trinajstić information content (AvgIpc) is 2.60. The number of nitrogen functional groups attached to an aromatic ring is 1. The van der Waals surface area contributed by atoms with Crippen molar-refractivity contribution in [1.82, 2.24) is 14.9 Å². The van der Waals surface area contributed by atoms with Gasteiger partial charge in [0.1, 0.15) is 11.0 Å². The molecule has 3 heterocycles. The number of halogens is 1. The van der Waals surface area contributed by atoms with Gasteiger partial charge in [-0.15, -0.1) is 0 Å². The summed E-state index contributed by atoms with van der Waals surface area (Å²) in [5, 5.41) is 3.73. The van der Waals surface area contributed by atoms with Crippen molar-refractivity contribution in [2.75, 3.05) is 24.6 Å². The van der Waals surface area contributed by atoms with E-state index in [1.165, 1.54) is 25.7 Å². The van der Waals surface area contributed by atoms with Crippen LogP contribution in [-0.4, -0.2) is 40.5 Å². The number of rotatable bonds is 3. The molecule has 1 aromatic heterocycles. The highest BCUT2D eigenvalue weighted by Crippen LogP contribution is 2.37. The van der Waals surface area contributed by atoms with Gasteiger partial charge in [-0.25, -0.2) is 4.98 Å². The molecule has 104 valence electrons. The fourth-order valence-corrected chi connectivity index (χ4v) is 3.66. The van der Waals surface area contributed by atoms with Gasteiger partial charge in [-0.05, 0) is 38.6 Å². The Hall–Kier alpha value is -1.07. The van der Waals surface area contributed by atoms with Crippen molar-refractivity contribution < 1.29 is 0 Å². The molecule has 2 bridgehead atoms. The third-order valence-electron chi connectivity index (χ3n) is 4.48. The Kier molecular flexibility index (Phi) is 3.50. The lowest BCUT2D eigenvalue weighted by Gasteiger charge is -2.36. The van der Waals surface area contributed by atoms with E-state index >= 15 is 0 Å². The average molecular weight is 282 g/mol. The molecule has 0 saturated carbocycles. The lowest BCUT2D eigenvalue weighted by atomic mass is 9.91. The summed E-state index contributed by atoms with van der Waals surface area (Å²) in [6.07, 6.45) is 5.25. The molecular weight excluding hydrogens is 262 g/mol. The van der Waals surface area contributed by atoms with Crippen LogP contribution in [0.1, 0.15) is 25.7 Å². The monoisotopic (exact) mass is 281 g/mol. The highest BCUT2D eigenvalue weighted by molar-refractivity contribution is 6.29. The second-order valence-electron chi connectivity index (χ2n) is 5.70. The summed E-state index contributed by atoms with van der Waals surface area (Å²) in [7, 11) is 2.26. The van der Waals surface area contributed by atoms with Crippen molar-refractivity contribution in [2.24, 2.45) is 5.92 Å². The van der Waals surface area contributed by atoms with Crippen LogP contribution < -0.4 is 11.1 Å². The van der Waals surface area contributed by atoms with E-state index < -0.39 is 0 Å². The fraction of sp³-hybridized carbons (Fsp3) is 0.692. The minimum Gasteiger partial charge on any atom is -0.370 e. The quantitative estimate of drug-likeness (QED) is 0.830. The summed E-state index contributed by atoms with van der Waals surface area (Å²) in [4.78, 5) is 10.6. The predicted octanol–water partition coefficient (Wildman–Crippen LogP) is 2.00. The first-order valence-corrected chi connectivity index (χ1v) is 7.25. The first-order chi connectivity index (χ1) is 9.11. The third-order valence-corrected chi connectivity index (χ3v) is 4.67. The Morgan fingerprint density at radius 2 is 2.05 bits per heavy atom. The molecule has 19 heavy (non-hydrogen) atoms. The van der Waals surface area contributed by atoms with Gasteiger partial charge in [0, 0.05) is 24.7 Å². The van der Waals surface area contributed by atoms with Crippen LogP contribution in [0.4, 0.5) is 11.8 Å². The van der Waals surface area contributed by atoms with Crippen LogP contribution in [0.25, 0.3) is 0 Å². The van der Waals surface area contributed by atoms with Crippen LogP contribution in [-0.2, 0) is 0 Å². The molecule has 2 unspecified atom stereocenters. The van der Waals surface area contributed by atoms with Gasteiger partial charge < -0.3 is 16.0 Å². The zero-order chi connectivity index (χ0) is 13.4. The number of nitrogens with two attached hydrogens (primary N) is 1. The number of hydrogen-bond acceptors (Lipinski definition) is 5. The van der Waals surface area contributed by atoms with Crippen molar-refractivity contribution in [3.05, 3.63) is 11.2 Å². The molecule has 3 rings (SSSR count). The minimum atomic E-state index is 0.221. The molecule has 3 N–H and O–H groups in total. The topological polar surface area (TPSA) is 67.1 Å². The van der Waals surface area contributed by atoms with Crippen molar-refractivity contribution in [3.63, 3.8) is 0 Å². The van der Waals surface area contributed by atoms with Gasteiger partial charge in [-0.3, -0.25) is 0 Å². The lowest BCUT2D eigenvalue weighted by molar-refractivity contribution is 0.139. The molecule has 2 saturated heterocycles. The molecule has 0 spiro atoms.